The first kappa shape index (κ1) is 23.3. The van der Waals surface area contributed by atoms with Crippen molar-refractivity contribution in [3.8, 4) is 5.75 Å². The lowest BCUT2D eigenvalue weighted by Crippen LogP contribution is -2.36. The van der Waals surface area contributed by atoms with Crippen LogP contribution in [0.3, 0.4) is 0 Å². The van der Waals surface area contributed by atoms with Crippen LogP contribution in [0, 0.1) is 12.8 Å². The van der Waals surface area contributed by atoms with E-state index in [1.807, 2.05) is 6.92 Å². The summed E-state index contributed by atoms with van der Waals surface area (Å²) in [6.45, 7) is 6.51. The summed E-state index contributed by atoms with van der Waals surface area (Å²) < 4.78 is 26.3. The van der Waals surface area contributed by atoms with Crippen molar-refractivity contribution in [1.29, 1.82) is 0 Å². The van der Waals surface area contributed by atoms with E-state index in [9.17, 15) is 23.1 Å². The number of phenolic OH excluding ortho intramolecular Hbond substituents is 1. The quantitative estimate of drug-likeness (QED) is 0.549. The molecule has 0 bridgehead atoms. The Morgan fingerprint density at radius 1 is 1.17 bits per heavy atom. The molecule has 1 heterocycles. The maximum atomic E-state index is 13.1. The summed E-state index contributed by atoms with van der Waals surface area (Å²) in [5, 5.41) is 14.2. The number of carbonyl (C=O) groups excluding carboxylic acids is 2. The predicted molar refractivity (Wildman–Crippen MR) is 115 cm³/mol. The molecule has 2 aromatic rings. The third-order valence-corrected chi connectivity index (χ3v) is 7.07. The smallest absolute Gasteiger partial charge is 0.228 e. The highest BCUT2D eigenvalue weighted by Crippen LogP contribution is 2.29. The van der Waals surface area contributed by atoms with Crippen molar-refractivity contribution in [1.82, 2.24) is 4.98 Å². The zero-order valence-electron chi connectivity index (χ0n) is 17.5. The Morgan fingerprint density at radius 3 is 2.40 bits per heavy atom. The molecule has 0 radical (unpaired) electrons. The first-order chi connectivity index (χ1) is 14.1. The number of sulfone groups is 1. The van der Waals surface area contributed by atoms with Crippen molar-refractivity contribution < 1.29 is 23.1 Å². The molecule has 0 saturated carbocycles. The van der Waals surface area contributed by atoms with Crippen molar-refractivity contribution in [3.05, 3.63) is 42.2 Å². The number of rotatable bonds is 8. The Hall–Kier alpha value is -2.94. The van der Waals surface area contributed by atoms with Crippen LogP contribution in [0.5, 0.6) is 5.75 Å². The maximum absolute atomic E-state index is 13.1. The minimum atomic E-state index is -3.77. The molecule has 1 aromatic heterocycles. The number of benzene rings is 1. The van der Waals surface area contributed by atoms with E-state index >= 15 is 0 Å². The number of nitrogens with zero attached hydrogens (tertiary/aromatic N) is 1. The Kier molecular flexibility index (Phi) is 7.55. The Labute approximate surface area is 176 Å². The highest BCUT2D eigenvalue weighted by molar-refractivity contribution is 7.92. The Bertz CT molecular complexity index is 1020. The van der Waals surface area contributed by atoms with Gasteiger partial charge in [-0.3, -0.25) is 14.6 Å². The standard InChI is InChI=1S/C21H27N3O5S/c1-5-6-20(30(28,29)17-9-7-13(2)22-12-17)14(3)21(27)24-16-8-10-18(19(26)11-16)23-15(4)25/h7-12,14,20,26H,5-6H2,1-4H3,(H,23,25)(H,24,27). The van der Waals surface area contributed by atoms with E-state index in [0.29, 0.717) is 24.2 Å². The number of phenols is 1. The number of aryl methyl sites for hydroxylation is 1. The predicted octanol–water partition coefficient (Wildman–Crippen LogP) is 3.27. The number of hydrogen-bond donors (Lipinski definition) is 3. The minimum Gasteiger partial charge on any atom is -0.506 e. The largest absolute Gasteiger partial charge is 0.506 e. The van der Waals surface area contributed by atoms with Crippen LogP contribution < -0.4 is 10.6 Å². The molecule has 162 valence electrons. The van der Waals surface area contributed by atoms with E-state index in [1.165, 1.54) is 37.4 Å². The van der Waals surface area contributed by atoms with Gasteiger partial charge in [-0.05, 0) is 37.6 Å². The fourth-order valence-corrected chi connectivity index (χ4v) is 5.10. The molecule has 1 aromatic carbocycles. The van der Waals surface area contributed by atoms with E-state index in [0.717, 1.165) is 0 Å². The van der Waals surface area contributed by atoms with Crippen LogP contribution in [0.4, 0.5) is 11.4 Å². The van der Waals surface area contributed by atoms with Crippen LogP contribution in [-0.4, -0.2) is 35.6 Å². The molecule has 0 aliphatic rings. The van der Waals surface area contributed by atoms with Crippen LogP contribution in [-0.2, 0) is 19.4 Å². The summed E-state index contributed by atoms with van der Waals surface area (Å²) in [5.41, 5.74) is 1.21. The number of pyridine rings is 1. The Morgan fingerprint density at radius 2 is 1.87 bits per heavy atom. The van der Waals surface area contributed by atoms with Crippen molar-refractivity contribution in [2.24, 2.45) is 5.92 Å². The number of carbonyl (C=O) groups is 2. The highest BCUT2D eigenvalue weighted by Gasteiger charge is 2.35. The summed E-state index contributed by atoms with van der Waals surface area (Å²) in [4.78, 5) is 28.1. The number of hydrogen-bond acceptors (Lipinski definition) is 6. The summed E-state index contributed by atoms with van der Waals surface area (Å²) in [5.74, 6) is -1.87. The number of amides is 2. The molecule has 0 aliphatic carbocycles. The molecule has 0 aliphatic heterocycles. The van der Waals surface area contributed by atoms with Gasteiger partial charge < -0.3 is 15.7 Å². The molecule has 2 amide bonds. The molecule has 9 heteroatoms. The van der Waals surface area contributed by atoms with Gasteiger partial charge in [-0.15, -0.1) is 0 Å². The maximum Gasteiger partial charge on any atom is 0.228 e. The second-order valence-electron chi connectivity index (χ2n) is 7.20. The van der Waals surface area contributed by atoms with Gasteiger partial charge in [0.15, 0.2) is 9.84 Å². The van der Waals surface area contributed by atoms with Gasteiger partial charge in [-0.25, -0.2) is 8.42 Å². The molecule has 8 nitrogen and oxygen atoms in total. The van der Waals surface area contributed by atoms with Gasteiger partial charge in [0.25, 0.3) is 0 Å². The van der Waals surface area contributed by atoms with Gasteiger partial charge >= 0.3 is 0 Å². The second kappa shape index (κ2) is 9.71. The fourth-order valence-electron chi connectivity index (χ4n) is 3.09. The van der Waals surface area contributed by atoms with Crippen molar-refractivity contribution in [2.75, 3.05) is 10.6 Å². The van der Waals surface area contributed by atoms with Crippen molar-refractivity contribution in [3.63, 3.8) is 0 Å². The molecule has 2 rings (SSSR count). The molecular formula is C21H27N3O5S. The van der Waals surface area contributed by atoms with Gasteiger partial charge in [0.05, 0.1) is 21.8 Å². The number of nitrogens with one attached hydrogen (secondary N) is 2. The zero-order valence-corrected chi connectivity index (χ0v) is 18.3. The number of aromatic hydroxyl groups is 1. The first-order valence-electron chi connectivity index (χ1n) is 9.64. The average molecular weight is 434 g/mol. The molecule has 0 saturated heterocycles. The van der Waals surface area contributed by atoms with E-state index in [1.54, 1.807) is 19.9 Å². The lowest BCUT2D eigenvalue weighted by atomic mass is 10.0. The lowest BCUT2D eigenvalue weighted by molar-refractivity contribution is -0.119. The number of anilines is 2. The van der Waals surface area contributed by atoms with Crippen LogP contribution in [0.2, 0.25) is 0 Å². The molecule has 2 unspecified atom stereocenters. The molecule has 0 spiro atoms. The minimum absolute atomic E-state index is 0.0866. The SMILES string of the molecule is CCCC(C(C)C(=O)Nc1ccc(NC(C)=O)c(O)c1)S(=O)(=O)c1ccc(C)nc1. The third kappa shape index (κ3) is 5.56. The van der Waals surface area contributed by atoms with Crippen molar-refractivity contribution in [2.45, 2.75) is 50.7 Å². The van der Waals surface area contributed by atoms with Gasteiger partial charge in [0.1, 0.15) is 5.75 Å². The topological polar surface area (TPSA) is 125 Å². The Balaban J connectivity index is 2.23. The molecule has 30 heavy (non-hydrogen) atoms. The van der Waals surface area contributed by atoms with Gasteiger partial charge in [-0.2, -0.15) is 0 Å². The van der Waals surface area contributed by atoms with E-state index in [2.05, 4.69) is 15.6 Å². The highest BCUT2D eigenvalue weighted by atomic mass is 32.2. The molecule has 2 atom stereocenters. The summed E-state index contributed by atoms with van der Waals surface area (Å²) >= 11 is 0. The molecular weight excluding hydrogens is 406 g/mol. The van der Waals surface area contributed by atoms with E-state index in [4.69, 9.17) is 0 Å². The normalized spacial score (nSPS) is 13.3. The van der Waals surface area contributed by atoms with E-state index in [-0.39, 0.29) is 22.2 Å². The molecule has 3 N–H and O–H groups in total. The van der Waals surface area contributed by atoms with E-state index < -0.39 is 26.9 Å². The first-order valence-corrected chi connectivity index (χ1v) is 11.2. The fraction of sp³-hybridized carbons (Fsp3) is 0.381. The summed E-state index contributed by atoms with van der Waals surface area (Å²) in [6, 6.07) is 7.39. The lowest BCUT2D eigenvalue weighted by Gasteiger charge is -2.23. The van der Waals surface area contributed by atoms with Crippen LogP contribution in [0.15, 0.2) is 41.4 Å². The number of aromatic nitrogens is 1. The average Bonchev–Trinajstić information content (AvgIpc) is 2.67. The monoisotopic (exact) mass is 433 g/mol. The van der Waals surface area contributed by atoms with Gasteiger partial charge in [-0.1, -0.05) is 20.3 Å². The van der Waals surface area contributed by atoms with Gasteiger partial charge in [0.2, 0.25) is 11.8 Å². The molecule has 0 fully saturated rings. The van der Waals surface area contributed by atoms with Crippen LogP contribution in [0.25, 0.3) is 0 Å². The summed E-state index contributed by atoms with van der Waals surface area (Å²) in [7, 11) is -3.77. The van der Waals surface area contributed by atoms with Crippen molar-refractivity contribution >= 4 is 33.0 Å². The van der Waals surface area contributed by atoms with Gasteiger partial charge in [0, 0.05) is 30.6 Å². The summed E-state index contributed by atoms with van der Waals surface area (Å²) in [6.07, 6.45) is 2.22. The second-order valence-corrected chi connectivity index (χ2v) is 9.37. The third-order valence-electron chi connectivity index (χ3n) is 4.73. The van der Waals surface area contributed by atoms with Crippen LogP contribution in [0.1, 0.15) is 39.3 Å². The van der Waals surface area contributed by atoms with Crippen LogP contribution >= 0.6 is 0 Å². The zero-order chi connectivity index (χ0) is 22.5.